The molecule has 0 aliphatic heterocycles. The number of alkyl halides is 2. The second-order valence-electron chi connectivity index (χ2n) is 4.30. The third-order valence-electron chi connectivity index (χ3n) is 2.54. The van der Waals surface area contributed by atoms with Gasteiger partial charge >= 0.3 is 6.61 Å². The second-order valence-corrected chi connectivity index (χ2v) is 4.30. The Balaban J connectivity index is 2.28. The fourth-order valence-corrected chi connectivity index (χ4v) is 1.80. The van der Waals surface area contributed by atoms with Crippen LogP contribution in [0.3, 0.4) is 0 Å². The smallest absolute Gasteiger partial charge is 0.387 e. The number of nitrogens with two attached hydrogens (primary N) is 1. The number of nitrogens with one attached hydrogen (secondary N) is 1. The van der Waals surface area contributed by atoms with Crippen molar-refractivity contribution in [2.75, 3.05) is 0 Å². The number of nitrogens with zero attached hydrogens (tertiary/aromatic N) is 1. The second kappa shape index (κ2) is 5.79. The summed E-state index contributed by atoms with van der Waals surface area (Å²) in [6.45, 7) is -0.983. The lowest BCUT2D eigenvalue weighted by Crippen LogP contribution is -2.18. The standard InChI is InChI=1S/C13H15F2N3O/c1-8(16)6-12-17-7-10(18-12)9-4-2-3-5-11(9)19-13(14)15/h2-5,7-8,13H,6,16H2,1H3,(H,17,18). The number of aromatic nitrogens is 2. The van der Waals surface area contributed by atoms with Gasteiger partial charge in [0, 0.05) is 18.0 Å². The van der Waals surface area contributed by atoms with E-state index in [1.54, 1.807) is 24.4 Å². The van der Waals surface area contributed by atoms with Crippen LogP contribution in [-0.2, 0) is 6.42 Å². The summed E-state index contributed by atoms with van der Waals surface area (Å²) in [5, 5.41) is 0. The number of halogens is 2. The molecule has 1 atom stereocenters. The topological polar surface area (TPSA) is 63.9 Å². The third-order valence-corrected chi connectivity index (χ3v) is 2.54. The van der Waals surface area contributed by atoms with Gasteiger partial charge in [0.2, 0.25) is 0 Å². The summed E-state index contributed by atoms with van der Waals surface area (Å²) in [7, 11) is 0. The highest BCUT2D eigenvalue weighted by atomic mass is 19.3. The van der Waals surface area contributed by atoms with Gasteiger partial charge in [0.25, 0.3) is 0 Å². The van der Waals surface area contributed by atoms with Gasteiger partial charge in [-0.15, -0.1) is 0 Å². The molecule has 0 amide bonds. The van der Waals surface area contributed by atoms with Crippen LogP contribution in [0.15, 0.2) is 30.5 Å². The minimum absolute atomic E-state index is 0.0217. The SMILES string of the molecule is CC(N)Cc1ncc(-c2ccccc2OC(F)F)[nH]1. The van der Waals surface area contributed by atoms with Crippen molar-refractivity contribution in [2.24, 2.45) is 5.73 Å². The van der Waals surface area contributed by atoms with Crippen LogP contribution in [0, 0.1) is 0 Å². The zero-order valence-corrected chi connectivity index (χ0v) is 10.4. The molecule has 1 aromatic carbocycles. The number of hydrogen-bond donors (Lipinski definition) is 2. The lowest BCUT2D eigenvalue weighted by atomic mass is 10.1. The van der Waals surface area contributed by atoms with Crippen LogP contribution in [0.2, 0.25) is 0 Å². The van der Waals surface area contributed by atoms with E-state index in [4.69, 9.17) is 5.73 Å². The Morgan fingerprint density at radius 1 is 1.37 bits per heavy atom. The van der Waals surface area contributed by atoms with Gasteiger partial charge in [-0.05, 0) is 19.1 Å². The fourth-order valence-electron chi connectivity index (χ4n) is 1.80. The van der Waals surface area contributed by atoms with E-state index in [2.05, 4.69) is 14.7 Å². The lowest BCUT2D eigenvalue weighted by Gasteiger charge is -2.08. The highest BCUT2D eigenvalue weighted by Gasteiger charge is 2.12. The maximum Gasteiger partial charge on any atom is 0.387 e. The number of para-hydroxylation sites is 1. The summed E-state index contributed by atoms with van der Waals surface area (Å²) < 4.78 is 29.1. The molecule has 2 rings (SSSR count). The molecule has 0 aliphatic rings. The van der Waals surface area contributed by atoms with Crippen molar-refractivity contribution >= 4 is 0 Å². The van der Waals surface area contributed by atoms with E-state index in [1.807, 2.05) is 6.92 Å². The Morgan fingerprint density at radius 2 is 2.11 bits per heavy atom. The highest BCUT2D eigenvalue weighted by molar-refractivity contribution is 5.66. The molecule has 1 aromatic heterocycles. The van der Waals surface area contributed by atoms with Gasteiger partial charge in [-0.3, -0.25) is 0 Å². The van der Waals surface area contributed by atoms with Crippen LogP contribution < -0.4 is 10.5 Å². The monoisotopic (exact) mass is 267 g/mol. The molecule has 6 heteroatoms. The molecule has 19 heavy (non-hydrogen) atoms. The Hall–Kier alpha value is -1.95. The van der Waals surface area contributed by atoms with Gasteiger partial charge in [0.1, 0.15) is 11.6 Å². The van der Waals surface area contributed by atoms with Gasteiger partial charge in [-0.2, -0.15) is 8.78 Å². The van der Waals surface area contributed by atoms with Crippen LogP contribution in [-0.4, -0.2) is 22.6 Å². The van der Waals surface area contributed by atoms with Crippen LogP contribution in [0.4, 0.5) is 8.78 Å². The molecule has 0 saturated carbocycles. The zero-order chi connectivity index (χ0) is 13.8. The van der Waals surface area contributed by atoms with E-state index < -0.39 is 6.61 Å². The molecule has 0 aliphatic carbocycles. The first-order valence-corrected chi connectivity index (χ1v) is 5.90. The number of benzene rings is 1. The normalized spacial score (nSPS) is 12.7. The average Bonchev–Trinajstić information content (AvgIpc) is 2.76. The molecule has 0 saturated heterocycles. The van der Waals surface area contributed by atoms with Crippen molar-refractivity contribution in [2.45, 2.75) is 26.0 Å². The first-order valence-electron chi connectivity index (χ1n) is 5.90. The molecule has 0 spiro atoms. The van der Waals surface area contributed by atoms with Gasteiger partial charge in [0.05, 0.1) is 11.9 Å². The summed E-state index contributed by atoms with van der Waals surface area (Å²) >= 11 is 0. The Labute approximate surface area is 109 Å². The highest BCUT2D eigenvalue weighted by Crippen LogP contribution is 2.29. The van der Waals surface area contributed by atoms with Gasteiger partial charge in [-0.1, -0.05) is 12.1 Å². The average molecular weight is 267 g/mol. The van der Waals surface area contributed by atoms with Gasteiger partial charge < -0.3 is 15.5 Å². The Kier molecular flexibility index (Phi) is 4.11. The molecular formula is C13H15F2N3O. The molecule has 0 radical (unpaired) electrons. The molecule has 3 N–H and O–H groups in total. The predicted molar refractivity (Wildman–Crippen MR) is 68.0 cm³/mol. The summed E-state index contributed by atoms with van der Waals surface area (Å²) in [6, 6.07) is 6.56. The maximum atomic E-state index is 12.3. The molecule has 1 heterocycles. The van der Waals surface area contributed by atoms with Crippen molar-refractivity contribution in [1.29, 1.82) is 0 Å². The fraction of sp³-hybridized carbons (Fsp3) is 0.308. The van der Waals surface area contributed by atoms with E-state index in [1.165, 1.54) is 6.07 Å². The van der Waals surface area contributed by atoms with Crippen LogP contribution in [0.5, 0.6) is 5.75 Å². The number of hydrogen-bond acceptors (Lipinski definition) is 3. The van der Waals surface area contributed by atoms with E-state index in [0.717, 1.165) is 5.82 Å². The summed E-state index contributed by atoms with van der Waals surface area (Å²) in [4.78, 5) is 7.23. The quantitative estimate of drug-likeness (QED) is 0.875. The molecule has 2 aromatic rings. The van der Waals surface area contributed by atoms with Crippen LogP contribution >= 0.6 is 0 Å². The molecule has 0 fully saturated rings. The largest absolute Gasteiger partial charge is 0.434 e. The van der Waals surface area contributed by atoms with Crippen LogP contribution in [0.25, 0.3) is 11.3 Å². The number of aromatic amines is 1. The summed E-state index contributed by atoms with van der Waals surface area (Å²) in [5.74, 6) is 0.838. The Bertz CT molecular complexity index is 540. The van der Waals surface area contributed by atoms with Crippen molar-refractivity contribution in [3.63, 3.8) is 0 Å². The molecule has 1 unspecified atom stereocenters. The summed E-state index contributed by atoms with van der Waals surface area (Å²) in [6.07, 6.45) is 2.18. The van der Waals surface area contributed by atoms with Crippen molar-refractivity contribution in [1.82, 2.24) is 9.97 Å². The van der Waals surface area contributed by atoms with E-state index in [9.17, 15) is 8.78 Å². The minimum Gasteiger partial charge on any atom is -0.434 e. The lowest BCUT2D eigenvalue weighted by molar-refractivity contribution is -0.0494. The predicted octanol–water partition coefficient (Wildman–Crippen LogP) is 2.57. The maximum absolute atomic E-state index is 12.3. The van der Waals surface area contributed by atoms with E-state index in [0.29, 0.717) is 17.7 Å². The first-order chi connectivity index (χ1) is 9.06. The number of imidazole rings is 1. The van der Waals surface area contributed by atoms with Gasteiger partial charge in [0.15, 0.2) is 0 Å². The molecular weight excluding hydrogens is 252 g/mol. The van der Waals surface area contributed by atoms with E-state index in [-0.39, 0.29) is 11.8 Å². The van der Waals surface area contributed by atoms with Crippen LogP contribution in [0.1, 0.15) is 12.7 Å². The number of H-pyrrole nitrogens is 1. The Morgan fingerprint density at radius 3 is 2.79 bits per heavy atom. The minimum atomic E-state index is -2.85. The van der Waals surface area contributed by atoms with Crippen molar-refractivity contribution in [3.8, 4) is 17.0 Å². The number of rotatable bonds is 5. The number of ether oxygens (including phenoxy) is 1. The van der Waals surface area contributed by atoms with Crippen molar-refractivity contribution < 1.29 is 13.5 Å². The summed E-state index contributed by atoms with van der Waals surface area (Å²) in [5.41, 5.74) is 6.86. The van der Waals surface area contributed by atoms with Crippen molar-refractivity contribution in [3.05, 3.63) is 36.3 Å². The third kappa shape index (κ3) is 3.51. The molecule has 0 bridgehead atoms. The molecule has 102 valence electrons. The first kappa shape index (κ1) is 13.5. The molecule has 4 nitrogen and oxygen atoms in total. The van der Waals surface area contributed by atoms with Gasteiger partial charge in [-0.25, -0.2) is 4.98 Å². The zero-order valence-electron chi connectivity index (χ0n) is 10.4. The van der Waals surface area contributed by atoms with E-state index >= 15 is 0 Å².